The monoisotopic (exact) mass is 1890 g/mol. The molecule has 2 saturated carbocycles. The van der Waals surface area contributed by atoms with Crippen LogP contribution < -0.4 is 18.3 Å². The molecule has 0 aliphatic heterocycles. The van der Waals surface area contributed by atoms with Gasteiger partial charge in [-0.2, -0.15) is 0 Å². The smallest absolute Gasteiger partial charge is 0.201 e. The molecule has 144 heavy (non-hydrogen) atoms. The van der Waals surface area contributed by atoms with Gasteiger partial charge in [-0.3, -0.25) is 0 Å². The summed E-state index contributed by atoms with van der Waals surface area (Å²) < 4.78 is 9.31. The molecule has 2 fully saturated rings. The predicted molar refractivity (Wildman–Crippen MR) is 610 cm³/mol. The highest BCUT2D eigenvalue weighted by atomic mass is 14.9. The molecule has 6 aliphatic carbocycles. The fraction of sp³-hybridized carbons (Fsp3) is 0.343. The largest absolute Gasteiger partial charge is 0.213 e. The molecule has 732 valence electrons. The number of hydrogen-bond acceptors (Lipinski definition) is 0. The molecular weight excluding hydrogens is 1740 g/mol. The molecule has 4 nitrogen and oxygen atoms in total. The van der Waals surface area contributed by atoms with Crippen LogP contribution in [0.25, 0.3) is 134 Å². The van der Waals surface area contributed by atoms with Gasteiger partial charge in [-0.1, -0.05) is 275 Å². The van der Waals surface area contributed by atoms with Gasteiger partial charge < -0.3 is 0 Å². The number of nitrogens with zero attached hydrogens (tertiary/aromatic N) is 4. The maximum atomic E-state index is 2.48. The first kappa shape index (κ1) is 100.0. The van der Waals surface area contributed by atoms with Crippen LogP contribution in [0, 0.1) is 119 Å². The van der Waals surface area contributed by atoms with Crippen molar-refractivity contribution in [2.75, 3.05) is 0 Å². The summed E-state index contributed by atoms with van der Waals surface area (Å²) in [5.41, 5.74) is 71.0. The summed E-state index contributed by atoms with van der Waals surface area (Å²) in [7, 11) is 8.79. The van der Waals surface area contributed by atoms with Crippen molar-refractivity contribution in [1.29, 1.82) is 0 Å². The molecule has 0 unspecified atom stereocenters. The van der Waals surface area contributed by atoms with Crippen LogP contribution >= 0.6 is 0 Å². The molecule has 0 N–H and O–H groups in total. The molecule has 0 bridgehead atoms. The Kier molecular flexibility index (Phi) is 27.3. The molecular formula is C140H156N4+4. The second kappa shape index (κ2) is 39.3. The lowest BCUT2D eigenvalue weighted by atomic mass is 9.71. The van der Waals surface area contributed by atoms with E-state index in [1.807, 2.05) is 0 Å². The van der Waals surface area contributed by atoms with Gasteiger partial charge in [0.05, 0.1) is 22.3 Å². The van der Waals surface area contributed by atoms with Crippen LogP contribution in [0.3, 0.4) is 0 Å². The second-order valence-corrected chi connectivity index (χ2v) is 48.6. The first-order chi connectivity index (χ1) is 68.5. The third kappa shape index (κ3) is 19.8. The van der Waals surface area contributed by atoms with Gasteiger partial charge in [0.1, 0.15) is 28.2 Å². The van der Waals surface area contributed by atoms with E-state index in [1.54, 1.807) is 0 Å². The van der Waals surface area contributed by atoms with Crippen LogP contribution in [-0.4, -0.2) is 0 Å². The Labute approximate surface area is 864 Å². The zero-order chi connectivity index (χ0) is 102. The van der Waals surface area contributed by atoms with Crippen molar-refractivity contribution in [3.05, 3.63) is 400 Å². The van der Waals surface area contributed by atoms with Crippen LogP contribution in [0.2, 0.25) is 0 Å². The van der Waals surface area contributed by atoms with E-state index in [2.05, 4.69) is 468 Å². The predicted octanol–water partition coefficient (Wildman–Crippen LogP) is 34.5. The van der Waals surface area contributed by atoms with E-state index in [0.717, 1.165) is 38.5 Å². The molecule has 16 aromatic rings. The van der Waals surface area contributed by atoms with E-state index in [4.69, 9.17) is 0 Å². The Bertz CT molecular complexity index is 7780. The first-order valence-electron chi connectivity index (χ1n) is 53.8. The minimum absolute atomic E-state index is 0.290. The molecule has 4 heteroatoms. The van der Waals surface area contributed by atoms with Gasteiger partial charge in [0, 0.05) is 46.5 Å². The zero-order valence-electron chi connectivity index (χ0n) is 92.1. The fourth-order valence-electron chi connectivity index (χ4n) is 26.3. The molecule has 6 aliphatic rings. The van der Waals surface area contributed by atoms with E-state index < -0.39 is 0 Å². The van der Waals surface area contributed by atoms with E-state index in [-0.39, 0.29) is 0 Å². The minimum atomic E-state index is 0.290. The maximum absolute atomic E-state index is 2.48. The number of benzene rings is 12. The molecule has 0 saturated heterocycles. The van der Waals surface area contributed by atoms with Gasteiger partial charge in [0.25, 0.3) is 0 Å². The van der Waals surface area contributed by atoms with Crippen molar-refractivity contribution < 1.29 is 18.3 Å². The number of pyridine rings is 4. The average molecular weight is 1890 g/mol. The lowest BCUT2D eigenvalue weighted by molar-refractivity contribution is -0.660. The molecule has 22 rings (SSSR count). The Morgan fingerprint density at radius 3 is 0.785 bits per heavy atom. The molecule has 0 atom stereocenters. The van der Waals surface area contributed by atoms with Crippen molar-refractivity contribution >= 4 is 0 Å². The van der Waals surface area contributed by atoms with Crippen LogP contribution in [0.1, 0.15) is 277 Å². The summed E-state index contributed by atoms with van der Waals surface area (Å²) in [6.07, 6.45) is 26.1. The van der Waals surface area contributed by atoms with Crippen LogP contribution in [0.4, 0.5) is 0 Å². The summed E-state index contributed by atoms with van der Waals surface area (Å²) in [6.45, 7) is 55.3. The molecule has 12 aromatic carbocycles. The number of hydrogen-bond donors (Lipinski definition) is 0. The second-order valence-electron chi connectivity index (χ2n) is 48.6. The molecule has 0 amide bonds. The highest BCUT2D eigenvalue weighted by molar-refractivity contribution is 5.93. The zero-order valence-corrected chi connectivity index (χ0v) is 92.1. The average Bonchev–Trinajstić information content (AvgIpc) is 1.56. The third-order valence-electron chi connectivity index (χ3n) is 33.6. The van der Waals surface area contributed by atoms with E-state index >= 15 is 0 Å². The number of aromatic nitrogens is 4. The maximum Gasteiger partial charge on any atom is 0.213 e. The van der Waals surface area contributed by atoms with Gasteiger partial charge in [-0.05, 0) is 432 Å². The molecule has 0 spiro atoms. The van der Waals surface area contributed by atoms with Gasteiger partial charge >= 0.3 is 0 Å². The number of fused-ring (bicyclic) bond motifs is 12. The molecule has 0 radical (unpaired) electrons. The van der Waals surface area contributed by atoms with Gasteiger partial charge in [0.15, 0.2) is 24.8 Å². The lowest BCUT2D eigenvalue weighted by Gasteiger charge is -2.34. The van der Waals surface area contributed by atoms with Crippen molar-refractivity contribution in [2.24, 2.45) is 49.9 Å². The van der Waals surface area contributed by atoms with Crippen molar-refractivity contribution in [2.45, 2.75) is 268 Å². The van der Waals surface area contributed by atoms with Crippen LogP contribution in [0.15, 0.2) is 255 Å². The highest BCUT2D eigenvalue weighted by Gasteiger charge is 2.37. The Hall–Kier alpha value is -12.8. The van der Waals surface area contributed by atoms with E-state index in [9.17, 15) is 0 Å². The Morgan fingerprint density at radius 2 is 0.486 bits per heavy atom. The Morgan fingerprint density at radius 1 is 0.229 bits per heavy atom. The minimum Gasteiger partial charge on any atom is -0.201 e. The fourth-order valence-corrected chi connectivity index (χ4v) is 26.3. The summed E-state index contributed by atoms with van der Waals surface area (Å²) in [5, 5.41) is 0. The number of aryl methyl sites for hydroxylation is 18. The third-order valence-corrected chi connectivity index (χ3v) is 33.6. The van der Waals surface area contributed by atoms with Gasteiger partial charge in [0.2, 0.25) is 22.8 Å². The summed E-state index contributed by atoms with van der Waals surface area (Å²) >= 11 is 0. The summed E-state index contributed by atoms with van der Waals surface area (Å²) in [6, 6.07) is 88.1. The first-order valence-corrected chi connectivity index (χ1v) is 53.8. The quantitative estimate of drug-likeness (QED) is 0.108. The SMILES string of the molecule is Cc1cc(C2CCC(C)(C)CC2)ccc1-c1cc(-c2c(C)cc(C)c3c2Cc2ccccc2-3)[n+](C)cc1C.Cc1cc(C2CCC(C)(C)CC2)ccc1-c1cc(-c2c(C)ccc3c2Cc2ccccc2-3)[n+](C)cc1C.Cc1cc(CC(C)(C)C)ccc1-c1cc(-c2c(C)cc(C)c3c2Cc2ccccc2-3)[n+](C)cc1C.Cc1cc(CC(C)(C)C)ccc1-c1cc(-c2c(C)ccc3c2Cc2ccccc2-3)[n+](C)cc1C. The highest BCUT2D eigenvalue weighted by Crippen LogP contribution is 2.53. The van der Waals surface area contributed by atoms with Gasteiger partial charge in [-0.15, -0.1) is 0 Å². The Balaban J connectivity index is 0.000000122. The summed E-state index contributed by atoms with van der Waals surface area (Å²) in [4.78, 5) is 0. The standard InChI is InChI=1S/C37H42N.C36H40N.C34H38N.C33H36N/c1-23-19-28(27-14-16-37(5,6)17-15-27)12-13-30(23)32-21-34(38(7)22-26(32)4)36-25(3)18-24(2)35-31-11-9-8-10-29(31)20-33(35)36;1-23-11-13-31-30-10-8-7-9-28(30)20-33(31)35(23)34-21-32(25(3)22-37(34)6)29-14-12-27(19-24(29)2)26-15-17-36(4,5)18-16-26;1-21-16-25(19-34(5,6)7)13-14-27(21)29-18-31(35(8)20-24(29)4)33-23(3)15-22(2)32-28-12-10-9-11-26(28)17-30(32)33;1-21-12-14-28-27-11-9-8-10-25(27)17-30(28)32(21)31-18-29(23(3)20-34(31)7)26-15-13-24(16-22(26)2)19-33(4,5)6/h8-13,18-19,21-22,27H,14-17,20H2,1-7H3;7-14,19,21-22,26H,15-18,20H2,1-6H3;9-16,18,20H,17,19H2,1-8H3;8-16,18,20H,17,19H2,1-7H3/q4*+1. The van der Waals surface area contributed by atoms with Crippen LogP contribution in [0.5, 0.6) is 0 Å². The lowest BCUT2D eigenvalue weighted by Crippen LogP contribution is -2.32. The van der Waals surface area contributed by atoms with Crippen molar-refractivity contribution in [1.82, 2.24) is 0 Å². The van der Waals surface area contributed by atoms with E-state index in [0.29, 0.717) is 33.5 Å². The molecule has 4 heterocycles. The van der Waals surface area contributed by atoms with Crippen molar-refractivity contribution in [3.8, 4) is 134 Å². The number of rotatable bonds is 12. The topological polar surface area (TPSA) is 15.5 Å². The van der Waals surface area contributed by atoms with Crippen LogP contribution in [-0.2, 0) is 66.7 Å². The van der Waals surface area contributed by atoms with Crippen molar-refractivity contribution in [3.63, 3.8) is 0 Å². The normalized spacial score (nSPS) is 14.6. The summed E-state index contributed by atoms with van der Waals surface area (Å²) in [5.74, 6) is 1.42. The van der Waals surface area contributed by atoms with E-state index in [1.165, 1.54) is 330 Å². The molecule has 4 aromatic heterocycles. The van der Waals surface area contributed by atoms with Gasteiger partial charge in [-0.25, -0.2) is 18.3 Å².